The number of halogens is 6. The first-order valence-electron chi connectivity index (χ1n) is 10.1. The molecule has 11 heteroatoms. The van der Waals surface area contributed by atoms with Crippen LogP contribution in [0.25, 0.3) is 22.0 Å². The number of hydrogen-bond acceptors (Lipinski definition) is 4. The first kappa shape index (κ1) is 24.0. The summed E-state index contributed by atoms with van der Waals surface area (Å²) in [6, 6.07) is 10.7. The van der Waals surface area contributed by atoms with Gasteiger partial charge in [0.1, 0.15) is 0 Å². The molecule has 0 aliphatic heterocycles. The van der Waals surface area contributed by atoms with Crippen LogP contribution in [0.2, 0.25) is 0 Å². The van der Waals surface area contributed by atoms with E-state index in [9.17, 15) is 31.1 Å². The molecule has 4 aromatic rings. The summed E-state index contributed by atoms with van der Waals surface area (Å²) in [5.74, 6) is -0.751. The number of carbonyl (C=O) groups excluding carboxylic acids is 1. The van der Waals surface area contributed by atoms with Gasteiger partial charge in [0.2, 0.25) is 5.95 Å². The van der Waals surface area contributed by atoms with Crippen molar-refractivity contribution in [3.8, 4) is 11.1 Å². The minimum atomic E-state index is -5.03. The second kappa shape index (κ2) is 8.57. The van der Waals surface area contributed by atoms with E-state index in [-0.39, 0.29) is 17.6 Å². The van der Waals surface area contributed by atoms with E-state index < -0.39 is 35.1 Å². The molecule has 0 saturated heterocycles. The van der Waals surface area contributed by atoms with Crippen molar-refractivity contribution in [2.45, 2.75) is 19.3 Å². The van der Waals surface area contributed by atoms with Crippen LogP contribution in [0.5, 0.6) is 0 Å². The average molecular weight is 490 g/mol. The van der Waals surface area contributed by atoms with Gasteiger partial charge in [-0.05, 0) is 66.1 Å². The molecular formula is C24H16F6N4O. The predicted octanol–water partition coefficient (Wildman–Crippen LogP) is 6.48. The number of hydrogen-bond donors (Lipinski definition) is 2. The summed E-state index contributed by atoms with van der Waals surface area (Å²) in [6.45, 7) is 1.79. The fourth-order valence-corrected chi connectivity index (χ4v) is 3.52. The van der Waals surface area contributed by atoms with Gasteiger partial charge in [0.15, 0.2) is 0 Å². The van der Waals surface area contributed by atoms with Crippen LogP contribution in [-0.2, 0) is 12.4 Å². The lowest BCUT2D eigenvalue weighted by atomic mass is 9.97. The van der Waals surface area contributed by atoms with Gasteiger partial charge in [0.05, 0.1) is 16.6 Å². The Bertz CT molecular complexity index is 1410. The second-order valence-corrected chi connectivity index (χ2v) is 7.78. The molecule has 0 aliphatic carbocycles. The Balaban J connectivity index is 1.69. The van der Waals surface area contributed by atoms with E-state index in [2.05, 4.69) is 15.3 Å². The fourth-order valence-electron chi connectivity index (χ4n) is 3.52. The van der Waals surface area contributed by atoms with E-state index in [1.807, 2.05) is 0 Å². The van der Waals surface area contributed by atoms with Gasteiger partial charge in [0, 0.05) is 22.8 Å². The Morgan fingerprint density at radius 1 is 0.886 bits per heavy atom. The molecule has 35 heavy (non-hydrogen) atoms. The molecule has 4 rings (SSSR count). The lowest BCUT2D eigenvalue weighted by Gasteiger charge is -2.15. The van der Waals surface area contributed by atoms with Gasteiger partial charge < -0.3 is 11.1 Å². The van der Waals surface area contributed by atoms with Crippen molar-refractivity contribution in [2.75, 3.05) is 11.1 Å². The molecule has 5 nitrogen and oxygen atoms in total. The number of carbonyl (C=O) groups is 1. The summed E-state index contributed by atoms with van der Waals surface area (Å²) in [7, 11) is 0. The number of benzene rings is 3. The predicted molar refractivity (Wildman–Crippen MR) is 119 cm³/mol. The van der Waals surface area contributed by atoms with E-state index in [4.69, 9.17) is 5.73 Å². The maximum atomic E-state index is 13.1. The maximum Gasteiger partial charge on any atom is 0.416 e. The Morgan fingerprint density at radius 3 is 2.17 bits per heavy atom. The first-order valence-corrected chi connectivity index (χ1v) is 10.1. The van der Waals surface area contributed by atoms with Crippen molar-refractivity contribution in [3.63, 3.8) is 0 Å². The normalized spacial score (nSPS) is 12.1. The number of amides is 1. The van der Waals surface area contributed by atoms with E-state index >= 15 is 0 Å². The van der Waals surface area contributed by atoms with E-state index in [1.165, 1.54) is 12.1 Å². The van der Waals surface area contributed by atoms with E-state index in [1.54, 1.807) is 37.4 Å². The Morgan fingerprint density at radius 2 is 1.54 bits per heavy atom. The van der Waals surface area contributed by atoms with Crippen LogP contribution < -0.4 is 11.1 Å². The lowest BCUT2D eigenvalue weighted by molar-refractivity contribution is -0.143. The van der Waals surface area contributed by atoms with Crippen LogP contribution in [0.15, 0.2) is 60.8 Å². The minimum Gasteiger partial charge on any atom is -0.368 e. The zero-order chi connectivity index (χ0) is 25.5. The molecule has 3 N–H and O–H groups in total. The highest BCUT2D eigenvalue weighted by Gasteiger charge is 2.37. The summed E-state index contributed by atoms with van der Waals surface area (Å²) < 4.78 is 78.7. The highest BCUT2D eigenvalue weighted by molar-refractivity contribution is 6.05. The Labute approximate surface area is 194 Å². The van der Waals surface area contributed by atoms with Gasteiger partial charge in [-0.2, -0.15) is 26.3 Å². The van der Waals surface area contributed by atoms with Crippen LogP contribution in [0.3, 0.4) is 0 Å². The van der Waals surface area contributed by atoms with Gasteiger partial charge in [-0.3, -0.25) is 4.79 Å². The molecule has 0 saturated carbocycles. The number of nitrogens with two attached hydrogens (primary N) is 1. The van der Waals surface area contributed by atoms with Gasteiger partial charge in [-0.15, -0.1) is 0 Å². The zero-order valence-corrected chi connectivity index (χ0v) is 17.9. The molecule has 0 aliphatic rings. The largest absolute Gasteiger partial charge is 0.416 e. The number of fused-ring (bicyclic) bond motifs is 1. The number of aromatic nitrogens is 2. The van der Waals surface area contributed by atoms with Crippen molar-refractivity contribution in [1.29, 1.82) is 0 Å². The topological polar surface area (TPSA) is 80.9 Å². The third-order valence-corrected chi connectivity index (χ3v) is 5.25. The molecular weight excluding hydrogens is 474 g/mol. The maximum absolute atomic E-state index is 13.1. The van der Waals surface area contributed by atoms with Crippen molar-refractivity contribution in [1.82, 2.24) is 9.97 Å². The molecule has 180 valence electrons. The molecule has 0 atom stereocenters. The fraction of sp³-hybridized carbons (Fsp3) is 0.125. The number of alkyl halides is 6. The summed E-state index contributed by atoms with van der Waals surface area (Å²) in [5, 5.41) is 2.83. The van der Waals surface area contributed by atoms with Crippen molar-refractivity contribution < 1.29 is 31.1 Å². The Kier molecular flexibility index (Phi) is 5.87. The molecule has 1 heterocycles. The van der Waals surface area contributed by atoms with Crippen molar-refractivity contribution in [3.05, 3.63) is 83.0 Å². The minimum absolute atomic E-state index is 0.00328. The second-order valence-electron chi connectivity index (χ2n) is 7.78. The summed E-state index contributed by atoms with van der Waals surface area (Å²) in [4.78, 5) is 20.8. The third-order valence-electron chi connectivity index (χ3n) is 5.25. The van der Waals surface area contributed by atoms with Crippen LogP contribution >= 0.6 is 0 Å². The summed E-state index contributed by atoms with van der Waals surface area (Å²) in [6.07, 6.45) is -8.51. The van der Waals surface area contributed by atoms with Gasteiger partial charge >= 0.3 is 12.4 Å². The average Bonchev–Trinajstić information content (AvgIpc) is 2.77. The number of nitrogen functional groups attached to an aromatic ring is 1. The Hall–Kier alpha value is -4.15. The van der Waals surface area contributed by atoms with Crippen LogP contribution in [0.4, 0.5) is 38.0 Å². The van der Waals surface area contributed by atoms with E-state index in [0.29, 0.717) is 34.2 Å². The zero-order valence-electron chi connectivity index (χ0n) is 17.9. The van der Waals surface area contributed by atoms with Gasteiger partial charge in [-0.25, -0.2) is 9.97 Å². The number of rotatable bonds is 3. The molecule has 0 spiro atoms. The molecule has 3 aromatic carbocycles. The summed E-state index contributed by atoms with van der Waals surface area (Å²) >= 11 is 0. The molecule has 0 bridgehead atoms. The molecule has 0 radical (unpaired) electrons. The van der Waals surface area contributed by atoms with Crippen molar-refractivity contribution >= 4 is 28.4 Å². The number of nitrogens with zero attached hydrogens (tertiary/aromatic N) is 2. The highest BCUT2D eigenvalue weighted by Crippen LogP contribution is 2.37. The molecule has 0 unspecified atom stereocenters. The van der Waals surface area contributed by atoms with Crippen LogP contribution in [-0.4, -0.2) is 15.9 Å². The molecule has 1 amide bonds. The standard InChI is InChI=1S/C24H16F6N4O/c1-12-2-3-14(7-19(12)13-4-5-20-15(6-13)11-32-22(31)34-20)21(35)33-18-9-16(23(25,26)27)8-17(10-18)24(28,29)30/h2-11H,1H3,(H,33,35)(H2,31,32,34). The lowest BCUT2D eigenvalue weighted by Crippen LogP contribution is -2.16. The van der Waals surface area contributed by atoms with Crippen LogP contribution in [0, 0.1) is 6.92 Å². The van der Waals surface area contributed by atoms with E-state index in [0.717, 1.165) is 5.56 Å². The monoisotopic (exact) mass is 490 g/mol. The van der Waals surface area contributed by atoms with Crippen molar-refractivity contribution in [2.24, 2.45) is 0 Å². The number of aryl methyl sites for hydroxylation is 1. The third kappa shape index (κ3) is 5.18. The van der Waals surface area contributed by atoms with Gasteiger partial charge in [-0.1, -0.05) is 12.1 Å². The molecule has 0 fully saturated rings. The first-order chi connectivity index (χ1) is 16.3. The number of anilines is 2. The molecule has 1 aromatic heterocycles. The SMILES string of the molecule is Cc1ccc(C(=O)Nc2cc(C(F)(F)F)cc(C(F)(F)F)c2)cc1-c1ccc2nc(N)ncc2c1. The smallest absolute Gasteiger partial charge is 0.368 e. The van der Waals surface area contributed by atoms with Gasteiger partial charge in [0.25, 0.3) is 5.91 Å². The van der Waals surface area contributed by atoms with Crippen LogP contribution in [0.1, 0.15) is 27.0 Å². The summed E-state index contributed by atoms with van der Waals surface area (Å²) in [5.41, 5.74) is 4.70. The highest BCUT2D eigenvalue weighted by atomic mass is 19.4. The number of nitrogens with one attached hydrogen (secondary N) is 1. The quantitative estimate of drug-likeness (QED) is 0.322.